The SMILES string of the molecule is COc1ccc(NC(=O)NCCC(=O)NC(c2ccc(C(C)C)cc2)c2cccs2)cc1. The summed E-state index contributed by atoms with van der Waals surface area (Å²) in [5.74, 6) is 1.04. The Morgan fingerprint density at radius 3 is 2.25 bits per heavy atom. The van der Waals surface area contributed by atoms with Crippen LogP contribution in [0, 0.1) is 0 Å². The van der Waals surface area contributed by atoms with Gasteiger partial charge in [0.05, 0.1) is 13.2 Å². The van der Waals surface area contributed by atoms with Crippen LogP contribution in [-0.2, 0) is 4.79 Å². The minimum absolute atomic E-state index is 0.124. The predicted molar refractivity (Wildman–Crippen MR) is 129 cm³/mol. The lowest BCUT2D eigenvalue weighted by Crippen LogP contribution is -2.34. The third-order valence-electron chi connectivity index (χ3n) is 5.05. The molecule has 2 aromatic carbocycles. The molecule has 0 saturated heterocycles. The van der Waals surface area contributed by atoms with Crippen molar-refractivity contribution in [3.8, 4) is 5.75 Å². The van der Waals surface area contributed by atoms with Gasteiger partial charge in [0.15, 0.2) is 0 Å². The zero-order valence-electron chi connectivity index (χ0n) is 18.6. The second-order valence-electron chi connectivity index (χ2n) is 7.70. The van der Waals surface area contributed by atoms with Crippen LogP contribution in [0.5, 0.6) is 5.75 Å². The minimum atomic E-state index is -0.359. The Bertz CT molecular complexity index is 1000. The molecule has 0 spiro atoms. The number of urea groups is 1. The zero-order chi connectivity index (χ0) is 22.9. The van der Waals surface area contributed by atoms with Crippen LogP contribution in [0.1, 0.15) is 48.2 Å². The Hall–Kier alpha value is -3.32. The van der Waals surface area contributed by atoms with Crippen molar-refractivity contribution >= 4 is 29.0 Å². The maximum absolute atomic E-state index is 12.6. The Labute approximate surface area is 193 Å². The highest BCUT2D eigenvalue weighted by Gasteiger charge is 2.18. The monoisotopic (exact) mass is 451 g/mol. The van der Waals surface area contributed by atoms with Crippen LogP contribution in [0.4, 0.5) is 10.5 Å². The topological polar surface area (TPSA) is 79.5 Å². The van der Waals surface area contributed by atoms with Gasteiger partial charge in [0.1, 0.15) is 5.75 Å². The van der Waals surface area contributed by atoms with Gasteiger partial charge in [0.2, 0.25) is 5.91 Å². The predicted octanol–water partition coefficient (Wildman–Crippen LogP) is 5.30. The molecule has 1 atom stereocenters. The largest absolute Gasteiger partial charge is 0.497 e. The highest BCUT2D eigenvalue weighted by molar-refractivity contribution is 7.10. The smallest absolute Gasteiger partial charge is 0.319 e. The van der Waals surface area contributed by atoms with E-state index in [4.69, 9.17) is 4.74 Å². The van der Waals surface area contributed by atoms with E-state index < -0.39 is 0 Å². The molecule has 168 valence electrons. The molecule has 1 heterocycles. The summed E-state index contributed by atoms with van der Waals surface area (Å²) in [4.78, 5) is 25.8. The van der Waals surface area contributed by atoms with Crippen molar-refractivity contribution in [2.24, 2.45) is 0 Å². The van der Waals surface area contributed by atoms with Gasteiger partial charge >= 0.3 is 6.03 Å². The van der Waals surface area contributed by atoms with Gasteiger partial charge in [-0.25, -0.2) is 4.79 Å². The number of methoxy groups -OCH3 is 1. The van der Waals surface area contributed by atoms with E-state index in [2.05, 4.69) is 54.1 Å². The number of thiophene rings is 1. The van der Waals surface area contributed by atoms with E-state index in [0.717, 1.165) is 10.4 Å². The second kappa shape index (κ2) is 11.3. The maximum atomic E-state index is 12.6. The van der Waals surface area contributed by atoms with Crippen LogP contribution in [0.2, 0.25) is 0 Å². The maximum Gasteiger partial charge on any atom is 0.319 e. The van der Waals surface area contributed by atoms with E-state index in [-0.39, 0.29) is 30.9 Å². The van der Waals surface area contributed by atoms with Gasteiger partial charge in [-0.2, -0.15) is 0 Å². The van der Waals surface area contributed by atoms with E-state index in [0.29, 0.717) is 17.4 Å². The lowest BCUT2D eigenvalue weighted by atomic mass is 9.98. The summed E-state index contributed by atoms with van der Waals surface area (Å²) in [7, 11) is 1.59. The van der Waals surface area contributed by atoms with Crippen LogP contribution in [0.3, 0.4) is 0 Å². The van der Waals surface area contributed by atoms with Crippen molar-refractivity contribution in [3.05, 3.63) is 82.0 Å². The molecule has 3 N–H and O–H groups in total. The number of benzene rings is 2. The van der Waals surface area contributed by atoms with Crippen LogP contribution in [0.25, 0.3) is 0 Å². The zero-order valence-corrected chi connectivity index (χ0v) is 19.4. The molecule has 0 saturated carbocycles. The van der Waals surface area contributed by atoms with Gasteiger partial charge in [0.25, 0.3) is 0 Å². The molecule has 0 bridgehead atoms. The van der Waals surface area contributed by atoms with Crippen molar-refractivity contribution in [2.75, 3.05) is 19.0 Å². The molecule has 3 aromatic rings. The number of carbonyl (C=O) groups excluding carboxylic acids is 2. The molecule has 0 aliphatic carbocycles. The first-order chi connectivity index (χ1) is 15.5. The molecule has 0 fully saturated rings. The first-order valence-corrected chi connectivity index (χ1v) is 11.5. The first-order valence-electron chi connectivity index (χ1n) is 10.6. The number of hydrogen-bond acceptors (Lipinski definition) is 4. The molecule has 32 heavy (non-hydrogen) atoms. The lowest BCUT2D eigenvalue weighted by molar-refractivity contribution is -0.121. The summed E-state index contributed by atoms with van der Waals surface area (Å²) in [5, 5.41) is 10.6. The van der Waals surface area contributed by atoms with E-state index in [1.54, 1.807) is 42.7 Å². The summed E-state index contributed by atoms with van der Waals surface area (Å²) in [5.41, 5.74) is 2.95. The van der Waals surface area contributed by atoms with Gasteiger partial charge in [-0.05, 0) is 52.8 Å². The van der Waals surface area contributed by atoms with Crippen molar-refractivity contribution < 1.29 is 14.3 Å². The Kier molecular flexibility index (Phi) is 8.27. The molecule has 3 rings (SSSR count). The fraction of sp³-hybridized carbons (Fsp3) is 0.280. The number of rotatable bonds is 9. The average Bonchev–Trinajstić information content (AvgIpc) is 3.33. The molecular weight excluding hydrogens is 422 g/mol. The number of nitrogens with one attached hydrogen (secondary N) is 3. The highest BCUT2D eigenvalue weighted by atomic mass is 32.1. The molecule has 0 aliphatic rings. The van der Waals surface area contributed by atoms with Gasteiger partial charge in [0, 0.05) is 23.5 Å². The Balaban J connectivity index is 1.53. The lowest BCUT2D eigenvalue weighted by Gasteiger charge is -2.19. The number of amides is 3. The summed E-state index contributed by atoms with van der Waals surface area (Å²) in [6.07, 6.45) is 0.183. The molecule has 1 unspecified atom stereocenters. The number of carbonyl (C=O) groups is 2. The summed E-state index contributed by atoms with van der Waals surface area (Å²) in [6, 6.07) is 18.8. The summed E-state index contributed by atoms with van der Waals surface area (Å²) >= 11 is 1.61. The van der Waals surface area contributed by atoms with Gasteiger partial charge in [-0.1, -0.05) is 44.2 Å². The number of anilines is 1. The number of ether oxygens (including phenoxy) is 1. The van der Waals surface area contributed by atoms with Gasteiger partial charge in [-0.15, -0.1) is 11.3 Å². The Morgan fingerprint density at radius 2 is 1.66 bits per heavy atom. The van der Waals surface area contributed by atoms with Gasteiger partial charge < -0.3 is 20.7 Å². The van der Waals surface area contributed by atoms with E-state index in [1.807, 2.05) is 17.5 Å². The Morgan fingerprint density at radius 1 is 0.969 bits per heavy atom. The van der Waals surface area contributed by atoms with Gasteiger partial charge in [-0.3, -0.25) is 4.79 Å². The van der Waals surface area contributed by atoms with Crippen molar-refractivity contribution in [3.63, 3.8) is 0 Å². The third kappa shape index (κ3) is 6.59. The summed E-state index contributed by atoms with van der Waals surface area (Å²) < 4.78 is 5.10. The highest BCUT2D eigenvalue weighted by Crippen LogP contribution is 2.27. The first kappa shape index (κ1) is 23.3. The molecular formula is C25H29N3O3S. The molecule has 0 radical (unpaired) electrons. The third-order valence-corrected chi connectivity index (χ3v) is 5.99. The normalized spacial score (nSPS) is 11.6. The van der Waals surface area contributed by atoms with Crippen LogP contribution < -0.4 is 20.7 Å². The van der Waals surface area contributed by atoms with Crippen LogP contribution in [-0.4, -0.2) is 25.6 Å². The molecule has 1 aromatic heterocycles. The van der Waals surface area contributed by atoms with Crippen molar-refractivity contribution in [1.82, 2.24) is 10.6 Å². The fourth-order valence-electron chi connectivity index (χ4n) is 3.22. The standard InChI is InChI=1S/C25H29N3O3S/c1-17(2)18-6-8-19(9-7-18)24(22-5-4-16-32-22)28-23(29)14-15-26-25(30)27-20-10-12-21(31-3)13-11-20/h4-13,16-17,24H,14-15H2,1-3H3,(H,28,29)(H2,26,27,30). The number of hydrogen-bond donors (Lipinski definition) is 3. The molecule has 3 amide bonds. The summed E-state index contributed by atoms with van der Waals surface area (Å²) in [6.45, 7) is 4.55. The van der Waals surface area contributed by atoms with E-state index >= 15 is 0 Å². The fourth-order valence-corrected chi connectivity index (χ4v) is 4.02. The average molecular weight is 452 g/mol. The quantitative estimate of drug-likeness (QED) is 0.413. The minimum Gasteiger partial charge on any atom is -0.497 e. The van der Waals surface area contributed by atoms with E-state index in [1.165, 1.54) is 5.56 Å². The van der Waals surface area contributed by atoms with Crippen molar-refractivity contribution in [1.29, 1.82) is 0 Å². The second-order valence-corrected chi connectivity index (χ2v) is 8.68. The molecule has 0 aliphatic heterocycles. The molecule has 7 heteroatoms. The van der Waals surface area contributed by atoms with Crippen LogP contribution >= 0.6 is 11.3 Å². The van der Waals surface area contributed by atoms with Crippen LogP contribution in [0.15, 0.2) is 66.0 Å². The van der Waals surface area contributed by atoms with Crippen molar-refractivity contribution in [2.45, 2.75) is 32.2 Å². The molecule has 6 nitrogen and oxygen atoms in total. The van der Waals surface area contributed by atoms with E-state index in [9.17, 15) is 9.59 Å².